The molecule has 0 unspecified atom stereocenters. The summed E-state index contributed by atoms with van der Waals surface area (Å²) in [5, 5.41) is 7.25. The number of nitrogens with one attached hydrogen (secondary N) is 1. The molecule has 1 aromatic rings. The average Bonchev–Trinajstić information content (AvgIpc) is 2.63. The van der Waals surface area contributed by atoms with Crippen LogP contribution in [0.1, 0.15) is 12.0 Å². The molecule has 0 spiro atoms. The van der Waals surface area contributed by atoms with Gasteiger partial charge in [0.25, 0.3) is 10.2 Å². The fraction of sp³-hybridized carbons (Fsp3) is 0.727. The molecule has 1 aliphatic rings. The van der Waals surface area contributed by atoms with Crippen molar-refractivity contribution in [2.45, 2.75) is 13.0 Å². The van der Waals surface area contributed by atoms with Gasteiger partial charge in [-0.1, -0.05) is 0 Å². The van der Waals surface area contributed by atoms with Crippen molar-refractivity contribution >= 4 is 10.2 Å². The van der Waals surface area contributed by atoms with E-state index in [0.29, 0.717) is 26.2 Å². The Morgan fingerprint density at radius 2 is 2.21 bits per heavy atom. The normalized spacial score (nSPS) is 18.7. The summed E-state index contributed by atoms with van der Waals surface area (Å²) in [7, 11) is 0.0450. The number of nitrogens with zero attached hydrogens (tertiary/aromatic N) is 4. The highest BCUT2D eigenvalue weighted by atomic mass is 32.2. The van der Waals surface area contributed by atoms with Crippen LogP contribution in [0.5, 0.6) is 0 Å². The molecule has 0 atom stereocenters. The van der Waals surface area contributed by atoms with Gasteiger partial charge in [-0.15, -0.1) is 0 Å². The third-order valence-corrected chi connectivity index (χ3v) is 5.12. The first-order valence-electron chi connectivity index (χ1n) is 6.40. The van der Waals surface area contributed by atoms with Crippen LogP contribution in [0.4, 0.5) is 0 Å². The zero-order chi connectivity index (χ0) is 13.9. The molecule has 7 nitrogen and oxygen atoms in total. The molecule has 1 aromatic heterocycles. The monoisotopic (exact) mass is 287 g/mol. The van der Waals surface area contributed by atoms with E-state index in [-0.39, 0.29) is 0 Å². The van der Waals surface area contributed by atoms with Gasteiger partial charge in [0.15, 0.2) is 0 Å². The highest BCUT2D eigenvalue weighted by Gasteiger charge is 2.27. The zero-order valence-corrected chi connectivity index (χ0v) is 12.2. The fourth-order valence-electron chi connectivity index (χ4n) is 2.14. The lowest BCUT2D eigenvalue weighted by Crippen LogP contribution is -2.43. The van der Waals surface area contributed by atoms with E-state index in [0.717, 1.165) is 18.5 Å². The summed E-state index contributed by atoms with van der Waals surface area (Å²) < 4.78 is 29.5. The third-order valence-electron chi connectivity index (χ3n) is 3.18. The van der Waals surface area contributed by atoms with Gasteiger partial charge >= 0.3 is 0 Å². The molecular weight excluding hydrogens is 266 g/mol. The summed E-state index contributed by atoms with van der Waals surface area (Å²) in [6, 6.07) is 0. The predicted octanol–water partition coefficient (Wildman–Crippen LogP) is -0.608. The van der Waals surface area contributed by atoms with Crippen molar-refractivity contribution in [2.24, 2.45) is 7.05 Å². The fourth-order valence-corrected chi connectivity index (χ4v) is 3.53. The first-order chi connectivity index (χ1) is 9.00. The minimum absolute atomic E-state index is 0.347. The largest absolute Gasteiger partial charge is 0.315 e. The average molecular weight is 287 g/mol. The Morgan fingerprint density at radius 1 is 1.42 bits per heavy atom. The number of rotatable bonds is 4. The molecular formula is C11H21N5O2S. The standard InChI is InChI=1S/C11H21N5O2S/c1-14-9-11(8-13-14)10-15(2)19(17,18)16-6-3-4-12-5-7-16/h8-9,12H,3-7,10H2,1-2H3. The van der Waals surface area contributed by atoms with Crippen LogP contribution in [0.3, 0.4) is 0 Å². The van der Waals surface area contributed by atoms with Gasteiger partial charge in [0, 0.05) is 52.0 Å². The second-order valence-electron chi connectivity index (χ2n) is 4.79. The quantitative estimate of drug-likeness (QED) is 0.802. The second kappa shape index (κ2) is 6.00. The Hall–Kier alpha value is -0.960. The maximum atomic E-state index is 12.4. The van der Waals surface area contributed by atoms with Gasteiger partial charge in [0.2, 0.25) is 0 Å². The molecule has 1 N–H and O–H groups in total. The van der Waals surface area contributed by atoms with E-state index in [1.165, 1.54) is 4.31 Å². The van der Waals surface area contributed by atoms with Gasteiger partial charge in [-0.25, -0.2) is 0 Å². The van der Waals surface area contributed by atoms with Crippen molar-refractivity contribution in [1.29, 1.82) is 0 Å². The minimum Gasteiger partial charge on any atom is -0.315 e. The van der Waals surface area contributed by atoms with Crippen LogP contribution in [0, 0.1) is 0 Å². The molecule has 0 bridgehead atoms. The maximum absolute atomic E-state index is 12.4. The molecule has 0 aliphatic carbocycles. The van der Waals surface area contributed by atoms with E-state index < -0.39 is 10.2 Å². The second-order valence-corrected chi connectivity index (χ2v) is 6.82. The van der Waals surface area contributed by atoms with Crippen LogP contribution in [-0.4, -0.2) is 60.0 Å². The molecule has 1 saturated heterocycles. The van der Waals surface area contributed by atoms with E-state index in [2.05, 4.69) is 10.4 Å². The van der Waals surface area contributed by atoms with Gasteiger partial charge < -0.3 is 5.32 Å². The van der Waals surface area contributed by atoms with E-state index in [1.807, 2.05) is 13.2 Å². The Morgan fingerprint density at radius 3 is 2.89 bits per heavy atom. The van der Waals surface area contributed by atoms with E-state index in [1.54, 1.807) is 22.2 Å². The number of hydrogen-bond acceptors (Lipinski definition) is 4. The topological polar surface area (TPSA) is 70.5 Å². The Balaban J connectivity index is 2.05. The zero-order valence-electron chi connectivity index (χ0n) is 11.4. The summed E-state index contributed by atoms with van der Waals surface area (Å²) in [5.41, 5.74) is 0.890. The van der Waals surface area contributed by atoms with Gasteiger partial charge in [0.1, 0.15) is 0 Å². The summed E-state index contributed by atoms with van der Waals surface area (Å²) in [5.74, 6) is 0. The van der Waals surface area contributed by atoms with Crippen LogP contribution in [0.25, 0.3) is 0 Å². The van der Waals surface area contributed by atoms with E-state index in [9.17, 15) is 8.42 Å². The van der Waals surface area contributed by atoms with Crippen LogP contribution in [0.2, 0.25) is 0 Å². The number of aromatic nitrogens is 2. The molecule has 2 rings (SSSR count). The van der Waals surface area contributed by atoms with Crippen molar-refractivity contribution in [3.8, 4) is 0 Å². The molecule has 0 radical (unpaired) electrons. The molecule has 19 heavy (non-hydrogen) atoms. The lowest BCUT2D eigenvalue weighted by atomic mass is 10.4. The SMILES string of the molecule is CN(Cc1cnn(C)c1)S(=O)(=O)N1CCCNCC1. The number of aryl methyl sites for hydroxylation is 1. The first kappa shape index (κ1) is 14.4. The van der Waals surface area contributed by atoms with Crippen LogP contribution >= 0.6 is 0 Å². The van der Waals surface area contributed by atoms with Gasteiger partial charge in [-0.2, -0.15) is 22.1 Å². The van der Waals surface area contributed by atoms with Crippen LogP contribution in [0.15, 0.2) is 12.4 Å². The van der Waals surface area contributed by atoms with Crippen molar-refractivity contribution in [3.63, 3.8) is 0 Å². The van der Waals surface area contributed by atoms with Gasteiger partial charge in [-0.3, -0.25) is 4.68 Å². The van der Waals surface area contributed by atoms with Crippen molar-refractivity contribution in [3.05, 3.63) is 18.0 Å². The molecule has 1 aliphatic heterocycles. The van der Waals surface area contributed by atoms with Crippen LogP contribution in [-0.2, 0) is 23.8 Å². The van der Waals surface area contributed by atoms with Crippen molar-refractivity contribution in [2.75, 3.05) is 33.2 Å². The van der Waals surface area contributed by atoms with Crippen molar-refractivity contribution in [1.82, 2.24) is 23.7 Å². The summed E-state index contributed by atoms with van der Waals surface area (Å²) in [6.45, 7) is 3.03. The van der Waals surface area contributed by atoms with Gasteiger partial charge in [0.05, 0.1) is 6.20 Å². The highest BCUT2D eigenvalue weighted by molar-refractivity contribution is 7.86. The van der Waals surface area contributed by atoms with Gasteiger partial charge in [-0.05, 0) is 13.0 Å². The highest BCUT2D eigenvalue weighted by Crippen LogP contribution is 2.12. The summed E-state index contributed by atoms with van der Waals surface area (Å²) in [6.07, 6.45) is 4.37. The molecule has 1 fully saturated rings. The minimum atomic E-state index is -3.38. The Bertz CT molecular complexity index is 505. The Kier molecular flexibility index (Phi) is 4.56. The summed E-state index contributed by atoms with van der Waals surface area (Å²) in [4.78, 5) is 0. The smallest absolute Gasteiger partial charge is 0.282 e. The molecule has 8 heteroatoms. The van der Waals surface area contributed by atoms with E-state index in [4.69, 9.17) is 0 Å². The molecule has 0 saturated carbocycles. The maximum Gasteiger partial charge on any atom is 0.282 e. The van der Waals surface area contributed by atoms with Crippen molar-refractivity contribution < 1.29 is 8.42 Å². The predicted molar refractivity (Wildman–Crippen MR) is 72.7 cm³/mol. The lowest BCUT2D eigenvalue weighted by Gasteiger charge is -2.25. The Labute approximate surface area is 114 Å². The molecule has 0 aromatic carbocycles. The molecule has 2 heterocycles. The third kappa shape index (κ3) is 3.53. The first-order valence-corrected chi connectivity index (χ1v) is 7.79. The van der Waals surface area contributed by atoms with E-state index >= 15 is 0 Å². The molecule has 0 amide bonds. The number of hydrogen-bond donors (Lipinski definition) is 1. The van der Waals surface area contributed by atoms with Crippen LogP contribution < -0.4 is 5.32 Å². The molecule has 108 valence electrons. The lowest BCUT2D eigenvalue weighted by molar-refractivity contribution is 0.367. The summed E-state index contributed by atoms with van der Waals surface area (Å²) >= 11 is 0.